The Morgan fingerprint density at radius 1 is 1.05 bits per heavy atom. The van der Waals surface area contributed by atoms with Gasteiger partial charge in [-0.3, -0.25) is 0 Å². The van der Waals surface area contributed by atoms with Gasteiger partial charge in [-0.05, 0) is 42.8 Å². The number of nitrogens with one attached hydrogen (secondary N) is 1. The molecule has 0 aliphatic rings. The van der Waals surface area contributed by atoms with Crippen molar-refractivity contribution in [1.29, 1.82) is 0 Å². The maximum Gasteiger partial charge on any atom is 0.117 e. The Kier molecular flexibility index (Phi) is 5.11. The Balaban J connectivity index is 1.90. The highest BCUT2D eigenvalue weighted by molar-refractivity contribution is 7.98. The second kappa shape index (κ2) is 6.83. The molecule has 0 saturated carbocycles. The van der Waals surface area contributed by atoms with Gasteiger partial charge in [0.1, 0.15) is 11.5 Å². The highest BCUT2D eigenvalue weighted by Crippen LogP contribution is 2.25. The van der Waals surface area contributed by atoms with E-state index >= 15 is 0 Å². The van der Waals surface area contributed by atoms with Gasteiger partial charge in [-0.15, -0.1) is 11.8 Å². The van der Waals surface area contributed by atoms with E-state index < -0.39 is 0 Å². The van der Waals surface area contributed by atoms with Gasteiger partial charge in [-0.25, -0.2) is 0 Å². The minimum Gasteiger partial charge on any atom is -0.464 e. The average molecular weight is 275 g/mol. The molecule has 0 atom stereocenters. The van der Waals surface area contributed by atoms with Crippen molar-refractivity contribution in [3.05, 3.63) is 53.5 Å². The van der Waals surface area contributed by atoms with Crippen LogP contribution in [0.1, 0.15) is 36.8 Å². The van der Waals surface area contributed by atoms with Gasteiger partial charge in [0, 0.05) is 4.90 Å². The van der Waals surface area contributed by atoms with E-state index in [4.69, 9.17) is 4.42 Å². The van der Waals surface area contributed by atoms with Gasteiger partial charge in [-0.1, -0.05) is 26.0 Å². The van der Waals surface area contributed by atoms with E-state index in [9.17, 15) is 0 Å². The third-order valence-electron chi connectivity index (χ3n) is 3.00. The van der Waals surface area contributed by atoms with E-state index in [0.29, 0.717) is 5.92 Å². The lowest BCUT2D eigenvalue weighted by atomic mass is 10.0. The zero-order valence-corrected chi connectivity index (χ0v) is 12.6. The van der Waals surface area contributed by atoms with Crippen molar-refractivity contribution >= 4 is 11.8 Å². The summed E-state index contributed by atoms with van der Waals surface area (Å²) in [5.41, 5.74) is 1.39. The molecule has 0 aliphatic carbocycles. The molecule has 0 aliphatic heterocycles. The van der Waals surface area contributed by atoms with Crippen molar-refractivity contribution in [2.75, 3.05) is 7.05 Å². The second-order valence-electron chi connectivity index (χ2n) is 4.91. The van der Waals surface area contributed by atoms with E-state index in [-0.39, 0.29) is 0 Å². The molecule has 2 nitrogen and oxygen atoms in total. The summed E-state index contributed by atoms with van der Waals surface area (Å²) in [6, 6.07) is 12.9. The molecule has 3 heteroatoms. The number of rotatable bonds is 6. The smallest absolute Gasteiger partial charge is 0.117 e. The van der Waals surface area contributed by atoms with Crippen LogP contribution in [0.5, 0.6) is 0 Å². The van der Waals surface area contributed by atoms with E-state index in [0.717, 1.165) is 23.8 Å². The molecule has 0 amide bonds. The molecule has 2 rings (SSSR count). The molecule has 1 aromatic heterocycles. The fraction of sp³-hybridized carbons (Fsp3) is 0.375. The SMILES string of the molecule is CNCc1ccc(CSc2ccc(C(C)C)cc2)o1. The third kappa shape index (κ3) is 4.15. The van der Waals surface area contributed by atoms with Gasteiger partial charge >= 0.3 is 0 Å². The maximum absolute atomic E-state index is 5.72. The minimum absolute atomic E-state index is 0.591. The van der Waals surface area contributed by atoms with E-state index in [1.165, 1.54) is 10.5 Å². The van der Waals surface area contributed by atoms with Gasteiger partial charge in [0.15, 0.2) is 0 Å². The molecule has 0 spiro atoms. The summed E-state index contributed by atoms with van der Waals surface area (Å²) in [7, 11) is 1.92. The lowest BCUT2D eigenvalue weighted by molar-refractivity contribution is 0.469. The van der Waals surface area contributed by atoms with Gasteiger partial charge in [0.2, 0.25) is 0 Å². The molecule has 19 heavy (non-hydrogen) atoms. The summed E-state index contributed by atoms with van der Waals surface area (Å²) in [4.78, 5) is 1.29. The monoisotopic (exact) mass is 275 g/mol. The van der Waals surface area contributed by atoms with Crippen LogP contribution in [0, 0.1) is 0 Å². The van der Waals surface area contributed by atoms with Gasteiger partial charge in [-0.2, -0.15) is 0 Å². The zero-order valence-electron chi connectivity index (χ0n) is 11.8. The summed E-state index contributed by atoms with van der Waals surface area (Å²) in [5.74, 6) is 3.50. The average Bonchev–Trinajstić information content (AvgIpc) is 2.85. The quantitative estimate of drug-likeness (QED) is 0.790. The van der Waals surface area contributed by atoms with Crippen molar-refractivity contribution in [2.24, 2.45) is 0 Å². The first-order valence-corrected chi connectivity index (χ1v) is 7.62. The molecule has 1 aromatic carbocycles. The predicted octanol–water partition coefficient (Wildman–Crippen LogP) is 4.41. The Hall–Kier alpha value is -1.19. The summed E-state index contributed by atoms with van der Waals surface area (Å²) in [6.45, 7) is 5.22. The maximum atomic E-state index is 5.72. The summed E-state index contributed by atoms with van der Waals surface area (Å²) in [5, 5.41) is 3.09. The Morgan fingerprint density at radius 2 is 1.74 bits per heavy atom. The normalized spacial score (nSPS) is 11.2. The molecule has 0 radical (unpaired) electrons. The van der Waals surface area contributed by atoms with Crippen LogP contribution in [0.3, 0.4) is 0 Å². The highest BCUT2D eigenvalue weighted by atomic mass is 32.2. The highest BCUT2D eigenvalue weighted by Gasteiger charge is 2.03. The van der Waals surface area contributed by atoms with E-state index in [1.54, 1.807) is 0 Å². The second-order valence-corrected chi connectivity index (χ2v) is 5.96. The largest absolute Gasteiger partial charge is 0.464 e. The van der Waals surface area contributed by atoms with Crippen molar-refractivity contribution in [3.8, 4) is 0 Å². The standard InChI is InChI=1S/C16H21NOS/c1-12(2)13-4-8-16(9-5-13)19-11-15-7-6-14(18-15)10-17-3/h4-9,12,17H,10-11H2,1-3H3. The first kappa shape index (κ1) is 14.2. The molecular weight excluding hydrogens is 254 g/mol. The first-order chi connectivity index (χ1) is 9.19. The van der Waals surface area contributed by atoms with Crippen molar-refractivity contribution in [1.82, 2.24) is 5.32 Å². The van der Waals surface area contributed by atoms with Crippen LogP contribution < -0.4 is 5.32 Å². The molecule has 2 aromatic rings. The first-order valence-electron chi connectivity index (χ1n) is 6.64. The minimum atomic E-state index is 0.591. The van der Waals surface area contributed by atoms with Gasteiger partial charge in [0.25, 0.3) is 0 Å². The summed E-state index contributed by atoms with van der Waals surface area (Å²) in [6.07, 6.45) is 0. The Bertz CT molecular complexity index is 502. The molecule has 102 valence electrons. The Morgan fingerprint density at radius 3 is 2.37 bits per heavy atom. The lowest BCUT2D eigenvalue weighted by Crippen LogP contribution is -2.03. The number of furan rings is 1. The predicted molar refractivity (Wildman–Crippen MR) is 81.6 cm³/mol. The zero-order chi connectivity index (χ0) is 13.7. The summed E-state index contributed by atoms with van der Waals surface area (Å²) < 4.78 is 5.72. The van der Waals surface area contributed by atoms with Crippen LogP contribution in [0.4, 0.5) is 0 Å². The van der Waals surface area contributed by atoms with Crippen molar-refractivity contribution < 1.29 is 4.42 Å². The number of thioether (sulfide) groups is 1. The van der Waals surface area contributed by atoms with Crippen LogP contribution in [-0.4, -0.2) is 7.05 Å². The van der Waals surface area contributed by atoms with Crippen LogP contribution in [0.15, 0.2) is 45.7 Å². The van der Waals surface area contributed by atoms with Crippen LogP contribution in [-0.2, 0) is 12.3 Å². The van der Waals surface area contributed by atoms with Crippen molar-refractivity contribution in [3.63, 3.8) is 0 Å². The number of benzene rings is 1. The summed E-state index contributed by atoms with van der Waals surface area (Å²) >= 11 is 1.81. The fourth-order valence-electron chi connectivity index (χ4n) is 1.87. The lowest BCUT2D eigenvalue weighted by Gasteiger charge is -2.06. The third-order valence-corrected chi connectivity index (χ3v) is 4.03. The topological polar surface area (TPSA) is 25.2 Å². The van der Waals surface area contributed by atoms with E-state index in [2.05, 4.69) is 49.5 Å². The number of hydrogen-bond donors (Lipinski definition) is 1. The van der Waals surface area contributed by atoms with Gasteiger partial charge < -0.3 is 9.73 Å². The van der Waals surface area contributed by atoms with Crippen LogP contribution in [0.25, 0.3) is 0 Å². The molecular formula is C16H21NOS. The van der Waals surface area contributed by atoms with Crippen molar-refractivity contribution in [2.45, 2.75) is 37.0 Å². The molecule has 0 fully saturated rings. The molecule has 0 bridgehead atoms. The van der Waals surface area contributed by atoms with E-state index in [1.807, 2.05) is 24.9 Å². The molecule has 0 unspecified atom stereocenters. The van der Waals surface area contributed by atoms with Gasteiger partial charge in [0.05, 0.1) is 12.3 Å². The van der Waals surface area contributed by atoms with Crippen LogP contribution in [0.2, 0.25) is 0 Å². The molecule has 1 heterocycles. The number of hydrogen-bond acceptors (Lipinski definition) is 3. The molecule has 1 N–H and O–H groups in total. The Labute approximate surface area is 119 Å². The molecule has 0 saturated heterocycles. The fourth-order valence-corrected chi connectivity index (χ4v) is 2.67. The van der Waals surface area contributed by atoms with Crippen LogP contribution >= 0.6 is 11.8 Å².